The van der Waals surface area contributed by atoms with Gasteiger partial charge >= 0.3 is 0 Å². The summed E-state index contributed by atoms with van der Waals surface area (Å²) in [5.41, 5.74) is 5.47. The van der Waals surface area contributed by atoms with Gasteiger partial charge in [-0.1, -0.05) is 78.3 Å². The third-order valence-electron chi connectivity index (χ3n) is 5.74. The fourth-order valence-electron chi connectivity index (χ4n) is 4.34. The molecular weight excluding hydrogens is 390 g/mol. The minimum absolute atomic E-state index is 0.0189. The second-order valence-corrected chi connectivity index (χ2v) is 7.96. The van der Waals surface area contributed by atoms with Gasteiger partial charge in [0.15, 0.2) is 0 Å². The fourth-order valence-corrected chi connectivity index (χ4v) is 4.47. The van der Waals surface area contributed by atoms with Crippen molar-refractivity contribution in [1.29, 1.82) is 0 Å². The van der Waals surface area contributed by atoms with Gasteiger partial charge in [-0.15, -0.1) is 0 Å². The van der Waals surface area contributed by atoms with Gasteiger partial charge in [0.2, 0.25) is 5.95 Å². The molecule has 5 aromatic rings. The van der Waals surface area contributed by atoms with E-state index < -0.39 is 0 Å². The number of anilines is 1. The Morgan fingerprint density at radius 1 is 0.800 bits per heavy atom. The summed E-state index contributed by atoms with van der Waals surface area (Å²) < 4.78 is 2.29. The first kappa shape index (κ1) is 17.3. The molecule has 6 rings (SSSR count). The summed E-state index contributed by atoms with van der Waals surface area (Å²) >= 11 is 6.12. The van der Waals surface area contributed by atoms with Crippen LogP contribution in [0.15, 0.2) is 97.1 Å². The number of nitrogens with zero attached hydrogens (tertiary/aromatic N) is 2. The van der Waals surface area contributed by atoms with Crippen LogP contribution in [0.1, 0.15) is 17.2 Å². The van der Waals surface area contributed by atoms with Crippen LogP contribution in [0.25, 0.3) is 27.5 Å². The van der Waals surface area contributed by atoms with Crippen LogP contribution < -0.4 is 5.32 Å². The van der Waals surface area contributed by atoms with Crippen LogP contribution in [-0.2, 0) is 0 Å². The molecule has 4 aromatic carbocycles. The number of halogens is 1. The Hall–Kier alpha value is -3.56. The normalized spacial score (nSPS) is 15.6. The Morgan fingerprint density at radius 3 is 2.47 bits per heavy atom. The molecule has 1 aliphatic heterocycles. The van der Waals surface area contributed by atoms with Gasteiger partial charge in [0.05, 0.1) is 17.1 Å². The molecular formula is C26H18ClN3. The molecule has 1 atom stereocenters. The Bertz CT molecular complexity index is 1420. The van der Waals surface area contributed by atoms with E-state index in [2.05, 4.69) is 76.6 Å². The highest BCUT2D eigenvalue weighted by Crippen LogP contribution is 2.39. The maximum atomic E-state index is 6.12. The zero-order valence-electron chi connectivity index (χ0n) is 16.1. The molecule has 1 aromatic heterocycles. The predicted octanol–water partition coefficient (Wildman–Crippen LogP) is 6.90. The average molecular weight is 408 g/mol. The van der Waals surface area contributed by atoms with E-state index >= 15 is 0 Å². The number of aromatic nitrogens is 2. The Kier molecular flexibility index (Phi) is 3.90. The van der Waals surface area contributed by atoms with Crippen molar-refractivity contribution in [1.82, 2.24) is 9.55 Å². The summed E-state index contributed by atoms with van der Waals surface area (Å²) in [5, 5.41) is 6.76. The van der Waals surface area contributed by atoms with E-state index in [1.165, 1.54) is 16.3 Å². The largest absolute Gasteiger partial charge is 0.325 e. The number of para-hydroxylation sites is 2. The molecule has 1 N–H and O–H groups in total. The molecule has 0 spiro atoms. The van der Waals surface area contributed by atoms with Crippen molar-refractivity contribution < 1.29 is 0 Å². The number of allylic oxidation sites excluding steroid dienone is 1. The number of imidazole rings is 1. The molecule has 1 unspecified atom stereocenters. The van der Waals surface area contributed by atoms with Crippen LogP contribution >= 0.6 is 11.6 Å². The minimum atomic E-state index is 0.0189. The van der Waals surface area contributed by atoms with E-state index in [1.807, 2.05) is 30.3 Å². The molecule has 144 valence electrons. The molecule has 0 amide bonds. The Labute approximate surface area is 179 Å². The van der Waals surface area contributed by atoms with E-state index in [0.717, 1.165) is 33.3 Å². The van der Waals surface area contributed by atoms with Gasteiger partial charge in [-0.05, 0) is 52.2 Å². The van der Waals surface area contributed by atoms with E-state index in [1.54, 1.807) is 0 Å². The van der Waals surface area contributed by atoms with Gasteiger partial charge in [-0.2, -0.15) is 0 Å². The van der Waals surface area contributed by atoms with Crippen molar-refractivity contribution in [3.63, 3.8) is 0 Å². The van der Waals surface area contributed by atoms with E-state index in [4.69, 9.17) is 16.6 Å². The first-order valence-corrected chi connectivity index (χ1v) is 10.4. The number of hydrogen-bond donors (Lipinski definition) is 1. The lowest BCUT2D eigenvalue weighted by molar-refractivity contribution is 0.726. The van der Waals surface area contributed by atoms with Gasteiger partial charge in [0.1, 0.15) is 0 Å². The standard InChI is InChI=1S/C26H18ClN3/c27-19-14-12-18(13-15-19)23-16-25(21-9-5-7-17-6-1-2-8-20(17)21)30-24-11-4-3-10-22(24)28-26(30)29-23/h1-16,25H,(H,28,29). The van der Waals surface area contributed by atoms with Crippen molar-refractivity contribution >= 4 is 45.1 Å². The summed E-state index contributed by atoms with van der Waals surface area (Å²) in [6.07, 6.45) is 2.28. The Morgan fingerprint density at radius 2 is 1.57 bits per heavy atom. The quantitative estimate of drug-likeness (QED) is 0.345. The predicted molar refractivity (Wildman–Crippen MR) is 125 cm³/mol. The number of rotatable bonds is 2. The topological polar surface area (TPSA) is 29.9 Å². The maximum absolute atomic E-state index is 6.12. The third kappa shape index (κ3) is 2.71. The zero-order chi connectivity index (χ0) is 20.1. The molecule has 30 heavy (non-hydrogen) atoms. The summed E-state index contributed by atoms with van der Waals surface area (Å²) in [6, 6.07) is 31.3. The monoisotopic (exact) mass is 407 g/mol. The molecule has 0 bridgehead atoms. The van der Waals surface area contributed by atoms with E-state index in [-0.39, 0.29) is 6.04 Å². The van der Waals surface area contributed by atoms with Crippen molar-refractivity contribution in [2.75, 3.05) is 5.32 Å². The fraction of sp³-hybridized carbons (Fsp3) is 0.0385. The highest BCUT2D eigenvalue weighted by atomic mass is 35.5. The third-order valence-corrected chi connectivity index (χ3v) is 5.99. The Balaban J connectivity index is 1.63. The molecule has 0 aliphatic carbocycles. The van der Waals surface area contributed by atoms with Crippen LogP contribution in [0.4, 0.5) is 5.95 Å². The molecule has 0 saturated heterocycles. The summed E-state index contributed by atoms with van der Waals surface area (Å²) in [7, 11) is 0. The van der Waals surface area contributed by atoms with Crippen molar-refractivity contribution in [3.05, 3.63) is 113 Å². The van der Waals surface area contributed by atoms with Gasteiger partial charge in [-0.3, -0.25) is 4.57 Å². The van der Waals surface area contributed by atoms with Crippen LogP contribution in [0.5, 0.6) is 0 Å². The van der Waals surface area contributed by atoms with Crippen LogP contribution in [-0.4, -0.2) is 9.55 Å². The van der Waals surface area contributed by atoms with Crippen molar-refractivity contribution in [2.45, 2.75) is 6.04 Å². The van der Waals surface area contributed by atoms with Crippen LogP contribution in [0, 0.1) is 0 Å². The first-order valence-electron chi connectivity index (χ1n) is 9.97. The highest BCUT2D eigenvalue weighted by Gasteiger charge is 2.26. The smallest absolute Gasteiger partial charge is 0.209 e. The van der Waals surface area contributed by atoms with Gasteiger partial charge in [0.25, 0.3) is 0 Å². The molecule has 3 nitrogen and oxygen atoms in total. The number of hydrogen-bond acceptors (Lipinski definition) is 2. The average Bonchev–Trinajstić information content (AvgIpc) is 3.17. The number of nitrogens with one attached hydrogen (secondary N) is 1. The SMILES string of the molecule is Clc1ccc(C2=CC(c3cccc4ccccc34)n3c(nc4ccccc43)N2)cc1. The van der Waals surface area contributed by atoms with Crippen LogP contribution in [0.3, 0.4) is 0 Å². The van der Waals surface area contributed by atoms with Gasteiger partial charge in [0, 0.05) is 10.7 Å². The molecule has 0 radical (unpaired) electrons. The lowest BCUT2D eigenvalue weighted by Crippen LogP contribution is -2.19. The van der Waals surface area contributed by atoms with Crippen molar-refractivity contribution in [3.8, 4) is 0 Å². The summed E-state index contributed by atoms with van der Waals surface area (Å²) in [5.74, 6) is 0.849. The second-order valence-electron chi connectivity index (χ2n) is 7.52. The maximum Gasteiger partial charge on any atom is 0.209 e. The molecule has 2 heterocycles. The first-order chi connectivity index (χ1) is 14.8. The number of fused-ring (bicyclic) bond motifs is 4. The summed E-state index contributed by atoms with van der Waals surface area (Å²) in [4.78, 5) is 4.89. The second kappa shape index (κ2) is 6.75. The van der Waals surface area contributed by atoms with Crippen LogP contribution in [0.2, 0.25) is 5.02 Å². The summed E-state index contributed by atoms with van der Waals surface area (Å²) in [6.45, 7) is 0. The van der Waals surface area contributed by atoms with Crippen molar-refractivity contribution in [2.24, 2.45) is 0 Å². The lowest BCUT2D eigenvalue weighted by Gasteiger charge is -2.27. The van der Waals surface area contributed by atoms with E-state index in [0.29, 0.717) is 0 Å². The molecule has 0 saturated carbocycles. The van der Waals surface area contributed by atoms with Gasteiger partial charge in [-0.25, -0.2) is 4.98 Å². The minimum Gasteiger partial charge on any atom is -0.325 e. The zero-order valence-corrected chi connectivity index (χ0v) is 16.8. The van der Waals surface area contributed by atoms with Gasteiger partial charge < -0.3 is 5.32 Å². The molecule has 1 aliphatic rings. The molecule has 0 fully saturated rings. The van der Waals surface area contributed by atoms with E-state index in [9.17, 15) is 0 Å². The molecule has 4 heteroatoms. The highest BCUT2D eigenvalue weighted by molar-refractivity contribution is 6.30. The number of benzene rings is 4. The lowest BCUT2D eigenvalue weighted by atomic mass is 9.96.